The van der Waals surface area contributed by atoms with E-state index in [4.69, 9.17) is 0 Å². The first-order chi connectivity index (χ1) is 10.5. The lowest BCUT2D eigenvalue weighted by atomic mass is 9.96. The van der Waals surface area contributed by atoms with E-state index in [0.717, 1.165) is 24.2 Å². The van der Waals surface area contributed by atoms with Gasteiger partial charge in [0.15, 0.2) is 0 Å². The van der Waals surface area contributed by atoms with E-state index >= 15 is 0 Å². The Kier molecular flexibility index (Phi) is 5.73. The standard InChI is InChI=1S/C16H23N3O2S.ClH/c1-17-22(20,21)8-6-12-3-4-16-14(9-12)15(10-18-16)13-5-7-19(2)11-13;/h3-4,9-10,13,17-18H,5-8,11H2,1-2H3;1H. The molecule has 5 nitrogen and oxygen atoms in total. The Morgan fingerprint density at radius 1 is 1.39 bits per heavy atom. The molecule has 3 rings (SSSR count). The highest BCUT2D eigenvalue weighted by molar-refractivity contribution is 7.89. The largest absolute Gasteiger partial charge is 0.361 e. The molecule has 1 aromatic carbocycles. The highest BCUT2D eigenvalue weighted by atomic mass is 35.5. The van der Waals surface area contributed by atoms with E-state index in [0.29, 0.717) is 12.3 Å². The summed E-state index contributed by atoms with van der Waals surface area (Å²) in [5.41, 5.74) is 3.56. The minimum Gasteiger partial charge on any atom is -0.361 e. The van der Waals surface area contributed by atoms with E-state index in [-0.39, 0.29) is 18.2 Å². The summed E-state index contributed by atoms with van der Waals surface area (Å²) in [5, 5.41) is 1.24. The van der Waals surface area contributed by atoms with Crippen molar-refractivity contribution in [1.82, 2.24) is 14.6 Å². The maximum Gasteiger partial charge on any atom is 0.211 e. The third kappa shape index (κ3) is 4.07. The van der Waals surface area contributed by atoms with Crippen LogP contribution in [0.2, 0.25) is 0 Å². The molecule has 1 aromatic heterocycles. The molecule has 1 saturated heterocycles. The van der Waals surface area contributed by atoms with Crippen LogP contribution in [0, 0.1) is 0 Å². The van der Waals surface area contributed by atoms with Crippen LogP contribution in [-0.2, 0) is 16.4 Å². The number of benzene rings is 1. The number of aromatic amines is 1. The van der Waals surface area contributed by atoms with Crippen molar-refractivity contribution in [2.45, 2.75) is 18.8 Å². The van der Waals surface area contributed by atoms with Crippen LogP contribution in [0.3, 0.4) is 0 Å². The molecule has 0 spiro atoms. The van der Waals surface area contributed by atoms with E-state index in [1.807, 2.05) is 6.07 Å². The summed E-state index contributed by atoms with van der Waals surface area (Å²) in [4.78, 5) is 5.70. The maximum absolute atomic E-state index is 11.6. The van der Waals surface area contributed by atoms with E-state index in [2.05, 4.69) is 40.0 Å². The highest BCUT2D eigenvalue weighted by Crippen LogP contribution is 2.32. The maximum atomic E-state index is 11.6. The van der Waals surface area contributed by atoms with Gasteiger partial charge in [-0.3, -0.25) is 0 Å². The van der Waals surface area contributed by atoms with Gasteiger partial charge in [0.1, 0.15) is 0 Å². The van der Waals surface area contributed by atoms with Crippen LogP contribution >= 0.6 is 12.4 Å². The number of hydrogen-bond donors (Lipinski definition) is 2. The number of rotatable bonds is 5. The molecule has 0 bridgehead atoms. The van der Waals surface area contributed by atoms with Crippen molar-refractivity contribution in [3.8, 4) is 0 Å². The fraction of sp³-hybridized carbons (Fsp3) is 0.500. The third-order valence-electron chi connectivity index (χ3n) is 4.58. The van der Waals surface area contributed by atoms with Gasteiger partial charge in [-0.25, -0.2) is 13.1 Å². The molecule has 1 fully saturated rings. The van der Waals surface area contributed by atoms with Gasteiger partial charge in [-0.2, -0.15) is 0 Å². The molecule has 1 atom stereocenters. The van der Waals surface area contributed by atoms with Gasteiger partial charge in [0, 0.05) is 23.6 Å². The summed E-state index contributed by atoms with van der Waals surface area (Å²) in [6, 6.07) is 6.21. The molecule has 128 valence electrons. The quantitative estimate of drug-likeness (QED) is 0.861. The molecule has 2 N–H and O–H groups in total. The number of H-pyrrole nitrogens is 1. The normalized spacial score (nSPS) is 19.1. The summed E-state index contributed by atoms with van der Waals surface area (Å²) >= 11 is 0. The van der Waals surface area contributed by atoms with Gasteiger partial charge in [-0.05, 0) is 62.7 Å². The lowest BCUT2D eigenvalue weighted by Gasteiger charge is -2.10. The monoisotopic (exact) mass is 357 g/mol. The second kappa shape index (κ2) is 7.21. The first-order valence-electron chi connectivity index (χ1n) is 7.68. The Labute approximate surface area is 143 Å². The highest BCUT2D eigenvalue weighted by Gasteiger charge is 2.23. The van der Waals surface area contributed by atoms with Gasteiger partial charge in [0.25, 0.3) is 0 Å². The molecule has 0 aliphatic carbocycles. The number of likely N-dealkylation sites (N-methyl/N-ethyl adjacent to an activating group) is 1. The van der Waals surface area contributed by atoms with Gasteiger partial charge < -0.3 is 9.88 Å². The molecule has 2 heterocycles. The van der Waals surface area contributed by atoms with E-state index in [1.54, 1.807) is 0 Å². The third-order valence-corrected chi connectivity index (χ3v) is 5.94. The second-order valence-electron chi connectivity index (χ2n) is 6.14. The van der Waals surface area contributed by atoms with Crippen LogP contribution in [0.1, 0.15) is 23.5 Å². The van der Waals surface area contributed by atoms with Gasteiger partial charge in [-0.15, -0.1) is 12.4 Å². The van der Waals surface area contributed by atoms with Crippen molar-refractivity contribution in [1.29, 1.82) is 0 Å². The molecule has 0 saturated carbocycles. The van der Waals surface area contributed by atoms with Crippen LogP contribution in [-0.4, -0.2) is 51.2 Å². The first kappa shape index (κ1) is 18.3. The Balaban J connectivity index is 0.00000192. The number of aryl methyl sites for hydroxylation is 1. The predicted molar refractivity (Wildman–Crippen MR) is 97.0 cm³/mol. The summed E-state index contributed by atoms with van der Waals surface area (Å²) in [7, 11) is 0.458. The summed E-state index contributed by atoms with van der Waals surface area (Å²) < 4.78 is 25.5. The zero-order valence-corrected chi connectivity index (χ0v) is 15.1. The van der Waals surface area contributed by atoms with Crippen molar-refractivity contribution in [2.75, 3.05) is 32.9 Å². The van der Waals surface area contributed by atoms with Crippen LogP contribution in [0.4, 0.5) is 0 Å². The Morgan fingerprint density at radius 2 is 2.17 bits per heavy atom. The topological polar surface area (TPSA) is 65.2 Å². The van der Waals surface area contributed by atoms with Crippen molar-refractivity contribution in [2.24, 2.45) is 0 Å². The number of nitrogens with one attached hydrogen (secondary N) is 2. The summed E-state index contributed by atoms with van der Waals surface area (Å²) in [6.45, 7) is 2.22. The molecule has 0 amide bonds. The zero-order chi connectivity index (χ0) is 15.7. The van der Waals surface area contributed by atoms with Crippen LogP contribution in [0.15, 0.2) is 24.4 Å². The molecule has 2 aromatic rings. The number of aromatic nitrogens is 1. The minimum atomic E-state index is -3.16. The fourth-order valence-corrected chi connectivity index (χ4v) is 3.93. The van der Waals surface area contributed by atoms with Gasteiger partial charge in [0.2, 0.25) is 10.0 Å². The van der Waals surface area contributed by atoms with Crippen LogP contribution in [0.5, 0.6) is 0 Å². The Hall–Kier alpha value is -1.08. The Bertz CT molecular complexity index is 773. The lowest BCUT2D eigenvalue weighted by molar-refractivity contribution is 0.412. The first-order valence-corrected chi connectivity index (χ1v) is 9.33. The molecule has 0 radical (unpaired) electrons. The average Bonchev–Trinajstić information content (AvgIpc) is 3.10. The van der Waals surface area contributed by atoms with Crippen molar-refractivity contribution in [3.05, 3.63) is 35.5 Å². The van der Waals surface area contributed by atoms with Crippen molar-refractivity contribution in [3.63, 3.8) is 0 Å². The van der Waals surface area contributed by atoms with Crippen molar-refractivity contribution >= 4 is 33.3 Å². The van der Waals surface area contributed by atoms with E-state index in [9.17, 15) is 8.42 Å². The summed E-state index contributed by atoms with van der Waals surface area (Å²) in [5.74, 6) is 0.691. The lowest BCUT2D eigenvalue weighted by Crippen LogP contribution is -2.23. The van der Waals surface area contributed by atoms with Gasteiger partial charge in [-0.1, -0.05) is 6.07 Å². The molecule has 1 unspecified atom stereocenters. The van der Waals surface area contributed by atoms with Crippen LogP contribution < -0.4 is 4.72 Å². The fourth-order valence-electron chi connectivity index (χ4n) is 3.23. The van der Waals surface area contributed by atoms with Gasteiger partial charge in [0.05, 0.1) is 5.75 Å². The number of fused-ring (bicyclic) bond motifs is 1. The molecule has 1 aliphatic heterocycles. The molecular weight excluding hydrogens is 334 g/mol. The molecule has 23 heavy (non-hydrogen) atoms. The smallest absolute Gasteiger partial charge is 0.211 e. The molecule has 7 heteroatoms. The zero-order valence-electron chi connectivity index (χ0n) is 13.5. The number of nitrogens with zero attached hydrogens (tertiary/aromatic N) is 1. The number of sulfonamides is 1. The number of likely N-dealkylation sites (tertiary alicyclic amines) is 1. The minimum absolute atomic E-state index is 0. The van der Waals surface area contributed by atoms with E-state index in [1.165, 1.54) is 24.4 Å². The second-order valence-corrected chi connectivity index (χ2v) is 8.19. The van der Waals surface area contributed by atoms with E-state index < -0.39 is 10.0 Å². The molecule has 1 aliphatic rings. The average molecular weight is 358 g/mol. The van der Waals surface area contributed by atoms with Crippen LogP contribution in [0.25, 0.3) is 10.9 Å². The summed E-state index contributed by atoms with van der Waals surface area (Å²) in [6.07, 6.45) is 3.83. The Morgan fingerprint density at radius 3 is 2.83 bits per heavy atom. The van der Waals surface area contributed by atoms with Crippen molar-refractivity contribution < 1.29 is 8.42 Å². The SMILES string of the molecule is CNS(=O)(=O)CCc1ccc2[nH]cc(C3CCN(C)C3)c2c1.Cl. The predicted octanol–water partition coefficient (Wildman–Crippen LogP) is 2.10. The molecular formula is C16H24ClN3O2S. The number of hydrogen-bond acceptors (Lipinski definition) is 3. The number of halogens is 1. The van der Waals surface area contributed by atoms with Gasteiger partial charge >= 0.3 is 0 Å².